The van der Waals surface area contributed by atoms with Crippen LogP contribution in [0, 0.1) is 23.3 Å². The molecule has 3 rings (SSSR count). The van der Waals surface area contributed by atoms with Crippen molar-refractivity contribution in [2.45, 2.75) is 0 Å². The summed E-state index contributed by atoms with van der Waals surface area (Å²) >= 11 is 0. The second-order valence-corrected chi connectivity index (χ2v) is 4.63. The maximum atomic E-state index is 13.6. The van der Waals surface area contributed by atoms with Crippen LogP contribution in [0.5, 0.6) is 17.2 Å². The van der Waals surface area contributed by atoms with E-state index in [1.165, 1.54) is 0 Å². The van der Waals surface area contributed by atoms with Crippen LogP contribution in [0.1, 0.15) is 15.9 Å². The van der Waals surface area contributed by atoms with Gasteiger partial charge in [-0.25, -0.2) is 17.6 Å². The first-order valence-electron chi connectivity index (χ1n) is 6.13. The minimum absolute atomic E-state index is 0.0304. The lowest BCUT2D eigenvalue weighted by atomic mass is 10.1. The van der Waals surface area contributed by atoms with Crippen LogP contribution in [0.15, 0.2) is 24.0 Å². The fourth-order valence-corrected chi connectivity index (χ4v) is 2.08. The molecule has 0 spiro atoms. The Kier molecular flexibility index (Phi) is 3.24. The van der Waals surface area contributed by atoms with E-state index < -0.39 is 57.6 Å². The molecular weight excluding hydrogens is 320 g/mol. The molecular formula is C15H6F4O4. The Morgan fingerprint density at radius 3 is 2.22 bits per heavy atom. The van der Waals surface area contributed by atoms with Crippen molar-refractivity contribution < 1.29 is 37.3 Å². The lowest BCUT2D eigenvalue weighted by Gasteiger charge is -2.04. The normalized spacial score (nSPS) is 15.0. The molecule has 118 valence electrons. The van der Waals surface area contributed by atoms with Gasteiger partial charge in [-0.3, -0.25) is 4.79 Å². The molecule has 0 saturated carbocycles. The summed E-state index contributed by atoms with van der Waals surface area (Å²) in [5.74, 6) is -9.95. The summed E-state index contributed by atoms with van der Waals surface area (Å²) < 4.78 is 58.5. The van der Waals surface area contributed by atoms with Gasteiger partial charge in [0.1, 0.15) is 0 Å². The molecule has 0 amide bonds. The van der Waals surface area contributed by atoms with E-state index in [0.29, 0.717) is 6.08 Å². The van der Waals surface area contributed by atoms with Crippen molar-refractivity contribution in [1.29, 1.82) is 0 Å². The van der Waals surface area contributed by atoms with Crippen molar-refractivity contribution in [3.8, 4) is 17.2 Å². The molecule has 2 aromatic carbocycles. The van der Waals surface area contributed by atoms with E-state index in [1.54, 1.807) is 0 Å². The molecule has 0 fully saturated rings. The zero-order valence-electron chi connectivity index (χ0n) is 11.0. The Morgan fingerprint density at radius 2 is 1.61 bits per heavy atom. The first-order chi connectivity index (χ1) is 10.8. The van der Waals surface area contributed by atoms with Crippen LogP contribution in [0.4, 0.5) is 17.6 Å². The average molecular weight is 326 g/mol. The van der Waals surface area contributed by atoms with Crippen LogP contribution < -0.4 is 4.74 Å². The summed E-state index contributed by atoms with van der Waals surface area (Å²) in [6, 6.07) is 2.16. The molecule has 0 unspecified atom stereocenters. The number of phenols is 2. The number of fused-ring (bicyclic) bond motifs is 1. The Hall–Kier alpha value is -3.03. The van der Waals surface area contributed by atoms with Crippen LogP contribution in [0.3, 0.4) is 0 Å². The number of carbonyl (C=O) groups excluding carboxylic acids is 1. The van der Waals surface area contributed by atoms with Crippen molar-refractivity contribution in [3.63, 3.8) is 0 Å². The maximum Gasteiger partial charge on any atom is 0.232 e. The summed E-state index contributed by atoms with van der Waals surface area (Å²) in [6.45, 7) is 0. The van der Waals surface area contributed by atoms with Crippen LogP contribution in [-0.4, -0.2) is 16.0 Å². The van der Waals surface area contributed by atoms with Gasteiger partial charge >= 0.3 is 0 Å². The third-order valence-corrected chi connectivity index (χ3v) is 3.21. The fraction of sp³-hybridized carbons (Fsp3) is 0. The first-order valence-corrected chi connectivity index (χ1v) is 6.13. The van der Waals surface area contributed by atoms with E-state index in [0.717, 1.165) is 12.1 Å². The van der Waals surface area contributed by atoms with Gasteiger partial charge < -0.3 is 14.9 Å². The summed E-state index contributed by atoms with van der Waals surface area (Å²) in [5.41, 5.74) is -1.31. The Morgan fingerprint density at radius 1 is 1.00 bits per heavy atom. The van der Waals surface area contributed by atoms with Crippen molar-refractivity contribution in [2.24, 2.45) is 0 Å². The van der Waals surface area contributed by atoms with E-state index in [2.05, 4.69) is 0 Å². The maximum absolute atomic E-state index is 13.6. The van der Waals surface area contributed by atoms with Gasteiger partial charge in [0, 0.05) is 6.07 Å². The van der Waals surface area contributed by atoms with Gasteiger partial charge in [0.05, 0.1) is 11.1 Å². The van der Waals surface area contributed by atoms with Gasteiger partial charge in [-0.05, 0) is 18.2 Å². The smallest absolute Gasteiger partial charge is 0.232 e. The predicted octanol–water partition coefficient (Wildman–Crippen LogP) is 3.27. The number of hydrogen-bond donors (Lipinski definition) is 2. The number of hydrogen-bond acceptors (Lipinski definition) is 4. The standard InChI is InChI=1S/C15H6F4O4/c16-7-4-8(17)12(19)6(11(7)18)3-10-13(21)5-1-2-9(20)14(22)15(5)23-10/h1-4,20,22H/b10-3-. The summed E-state index contributed by atoms with van der Waals surface area (Å²) in [7, 11) is 0. The van der Waals surface area contributed by atoms with Crippen LogP contribution in [-0.2, 0) is 0 Å². The van der Waals surface area contributed by atoms with Crippen molar-refractivity contribution >= 4 is 11.9 Å². The molecule has 0 aliphatic carbocycles. The number of ketones is 1. The topological polar surface area (TPSA) is 66.8 Å². The van der Waals surface area contributed by atoms with Gasteiger partial charge in [-0.2, -0.15) is 0 Å². The molecule has 0 saturated heterocycles. The minimum atomic E-state index is -1.70. The van der Waals surface area contributed by atoms with Gasteiger partial charge in [-0.1, -0.05) is 0 Å². The molecule has 0 bridgehead atoms. The number of aromatic hydroxyl groups is 2. The SMILES string of the molecule is O=C1/C(=C/c2c(F)c(F)cc(F)c2F)Oc2c1ccc(O)c2O. The number of halogens is 4. The molecule has 2 N–H and O–H groups in total. The molecule has 8 heteroatoms. The van der Waals surface area contributed by atoms with E-state index in [-0.39, 0.29) is 11.6 Å². The number of Topliss-reactive ketones (excluding diaryl/α,β-unsaturated/α-hetero) is 1. The second-order valence-electron chi connectivity index (χ2n) is 4.63. The van der Waals surface area contributed by atoms with Crippen molar-refractivity contribution in [2.75, 3.05) is 0 Å². The molecule has 0 radical (unpaired) electrons. The quantitative estimate of drug-likeness (QED) is 0.365. The van der Waals surface area contributed by atoms with E-state index >= 15 is 0 Å². The number of carbonyl (C=O) groups is 1. The highest BCUT2D eigenvalue weighted by atomic mass is 19.2. The number of ether oxygens (including phenoxy) is 1. The third kappa shape index (κ3) is 2.19. The van der Waals surface area contributed by atoms with Crippen molar-refractivity contribution in [1.82, 2.24) is 0 Å². The van der Waals surface area contributed by atoms with Crippen molar-refractivity contribution in [3.05, 3.63) is 58.4 Å². The van der Waals surface area contributed by atoms with Gasteiger partial charge in [0.25, 0.3) is 0 Å². The molecule has 0 aromatic heterocycles. The lowest BCUT2D eigenvalue weighted by molar-refractivity contribution is 0.101. The van der Waals surface area contributed by atoms with Crippen LogP contribution >= 0.6 is 0 Å². The zero-order chi connectivity index (χ0) is 16.9. The predicted molar refractivity (Wildman–Crippen MR) is 69.0 cm³/mol. The zero-order valence-corrected chi connectivity index (χ0v) is 11.0. The fourth-order valence-electron chi connectivity index (χ4n) is 2.08. The second kappa shape index (κ2) is 5.01. The number of benzene rings is 2. The number of rotatable bonds is 1. The molecule has 0 atom stereocenters. The average Bonchev–Trinajstić information content (AvgIpc) is 2.83. The number of allylic oxidation sites excluding steroid dienone is 1. The van der Waals surface area contributed by atoms with Crippen LogP contribution in [0.2, 0.25) is 0 Å². The van der Waals surface area contributed by atoms with E-state index in [9.17, 15) is 32.6 Å². The summed E-state index contributed by atoms with van der Waals surface area (Å²) in [6.07, 6.45) is 0.482. The van der Waals surface area contributed by atoms with Gasteiger partial charge in [0.2, 0.25) is 11.5 Å². The molecule has 2 aromatic rings. The van der Waals surface area contributed by atoms with Gasteiger partial charge in [-0.15, -0.1) is 0 Å². The molecule has 4 nitrogen and oxygen atoms in total. The monoisotopic (exact) mass is 326 g/mol. The number of phenolic OH excluding ortho intramolecular Hbond substituents is 2. The Bertz CT molecular complexity index is 864. The molecule has 1 aliphatic heterocycles. The lowest BCUT2D eigenvalue weighted by Crippen LogP contribution is -2.03. The Labute approximate surface area is 125 Å². The summed E-state index contributed by atoms with van der Waals surface area (Å²) in [5, 5.41) is 18.9. The Balaban J connectivity index is 2.14. The minimum Gasteiger partial charge on any atom is -0.504 e. The highest BCUT2D eigenvalue weighted by Crippen LogP contribution is 2.44. The largest absolute Gasteiger partial charge is 0.504 e. The highest BCUT2D eigenvalue weighted by Gasteiger charge is 2.32. The van der Waals surface area contributed by atoms with Crippen LogP contribution in [0.25, 0.3) is 6.08 Å². The third-order valence-electron chi connectivity index (χ3n) is 3.21. The van der Waals surface area contributed by atoms with E-state index in [4.69, 9.17) is 4.74 Å². The van der Waals surface area contributed by atoms with Gasteiger partial charge in [0.15, 0.2) is 40.5 Å². The molecule has 23 heavy (non-hydrogen) atoms. The molecule has 1 heterocycles. The summed E-state index contributed by atoms with van der Waals surface area (Å²) in [4.78, 5) is 12.0. The first kappa shape index (κ1) is 14.9. The molecule has 1 aliphatic rings. The van der Waals surface area contributed by atoms with E-state index in [1.807, 2.05) is 0 Å². The highest BCUT2D eigenvalue weighted by molar-refractivity contribution is 6.15.